The van der Waals surface area contributed by atoms with Crippen LogP contribution in [-0.4, -0.2) is 26.5 Å². The molecule has 0 aromatic carbocycles. The Morgan fingerprint density at radius 1 is 0.696 bits per heavy atom. The van der Waals surface area contributed by atoms with Crippen molar-refractivity contribution in [2.75, 3.05) is 0 Å². The quantitative estimate of drug-likeness (QED) is 0.236. The van der Waals surface area contributed by atoms with Crippen molar-refractivity contribution in [3.8, 4) is 0 Å². The normalized spacial score (nSPS) is 13.6. The summed E-state index contributed by atoms with van der Waals surface area (Å²) in [6.07, 6.45) is 12.8. The van der Waals surface area contributed by atoms with E-state index in [1.807, 2.05) is 5.20 Å². The molecule has 0 radical (unpaired) electrons. The molecule has 0 N–H and O–H groups in total. The molecule has 2 heteroatoms. The summed E-state index contributed by atoms with van der Waals surface area (Å²) in [5.41, 5.74) is 0. The average Bonchev–Trinajstić information content (AvgIpc) is 2.51. The maximum atomic E-state index is 3.05. The van der Waals surface area contributed by atoms with E-state index in [0.717, 1.165) is 0 Å². The molecular weight excluding hydrogens is 399 g/mol. The second-order valence-electron chi connectivity index (χ2n) is 8.70. The molecule has 0 bridgehead atoms. The zero-order valence-electron chi connectivity index (χ0n) is 17.6. The van der Waals surface area contributed by atoms with Gasteiger partial charge in [-0.2, -0.15) is 0 Å². The van der Waals surface area contributed by atoms with Crippen molar-refractivity contribution < 1.29 is 0 Å². The molecule has 0 fully saturated rings. The number of hydrogen-bond acceptors (Lipinski definition) is 0. The molecule has 138 valence electrons. The summed E-state index contributed by atoms with van der Waals surface area (Å²) >= 11 is -2.09. The summed E-state index contributed by atoms with van der Waals surface area (Å²) in [7, 11) is -1.14. The van der Waals surface area contributed by atoms with Crippen LogP contribution in [-0.2, 0) is 0 Å². The van der Waals surface area contributed by atoms with Gasteiger partial charge in [-0.05, 0) is 0 Å². The van der Waals surface area contributed by atoms with Gasteiger partial charge < -0.3 is 0 Å². The first-order valence-corrected chi connectivity index (χ1v) is 21.8. The third-order valence-electron chi connectivity index (χ3n) is 5.33. The van der Waals surface area contributed by atoms with Crippen LogP contribution < -0.4 is 0 Å². The van der Waals surface area contributed by atoms with E-state index in [4.69, 9.17) is 0 Å². The van der Waals surface area contributed by atoms with E-state index >= 15 is 0 Å². The Morgan fingerprint density at radius 2 is 1.09 bits per heavy atom. The van der Waals surface area contributed by atoms with Gasteiger partial charge in [-0.1, -0.05) is 0 Å². The van der Waals surface area contributed by atoms with Gasteiger partial charge in [0.1, 0.15) is 0 Å². The minimum absolute atomic E-state index is 1.14. The molecule has 0 rings (SSSR count). The predicted molar refractivity (Wildman–Crippen MR) is 116 cm³/mol. The maximum absolute atomic E-state index is 3.05. The van der Waals surface area contributed by atoms with Gasteiger partial charge in [0.05, 0.1) is 0 Å². The first-order chi connectivity index (χ1) is 10.8. The molecular formula is C21H46SiSn. The molecule has 0 aliphatic carbocycles. The molecule has 0 nitrogen and oxygen atoms in total. The van der Waals surface area contributed by atoms with E-state index in [9.17, 15) is 0 Å². The molecule has 0 saturated heterocycles. The van der Waals surface area contributed by atoms with Crippen LogP contribution in [0.5, 0.6) is 0 Å². The minimum atomic E-state index is -2.09. The third kappa shape index (κ3) is 10.4. The topological polar surface area (TPSA) is 0 Å². The molecule has 0 unspecified atom stereocenters. The number of rotatable bonds is 14. The first kappa shape index (κ1) is 23.8. The molecule has 0 atom stereocenters. The number of allylic oxidation sites excluding steroid dienone is 1. The van der Waals surface area contributed by atoms with Crippen molar-refractivity contribution in [2.24, 2.45) is 0 Å². The molecule has 0 aromatic heterocycles. The Kier molecular flexibility index (Phi) is 13.5. The zero-order valence-corrected chi connectivity index (χ0v) is 21.4. The fourth-order valence-corrected chi connectivity index (χ4v) is 25.7. The molecule has 23 heavy (non-hydrogen) atoms. The standard InChI is InChI=1S/C9H19Si.3C4H9.Sn/c1-6-7-8-9(2)10(3,4)5;3*1-3-4-2;/h2H,6-8H2,1,3-5H3;3*1,3-4H2,2H3;. The van der Waals surface area contributed by atoms with E-state index in [2.05, 4.69) is 51.4 Å². The second kappa shape index (κ2) is 13.0. The Labute approximate surface area is 153 Å². The fourth-order valence-electron chi connectivity index (χ4n) is 3.58. The van der Waals surface area contributed by atoms with Gasteiger partial charge in [0.15, 0.2) is 0 Å². The zero-order chi connectivity index (χ0) is 17.8. The van der Waals surface area contributed by atoms with E-state index in [0.29, 0.717) is 0 Å². The third-order valence-corrected chi connectivity index (χ3v) is 22.8. The Hall–Kier alpha value is 0.756. The monoisotopic (exact) mass is 446 g/mol. The second-order valence-corrected chi connectivity index (χ2v) is 26.7. The summed E-state index contributed by atoms with van der Waals surface area (Å²) < 4.78 is 7.94. The molecule has 0 aromatic rings. The first-order valence-electron chi connectivity index (χ1n) is 10.6. The van der Waals surface area contributed by atoms with Crippen molar-refractivity contribution >= 4 is 26.5 Å². The van der Waals surface area contributed by atoms with Crippen LogP contribution in [0.2, 0.25) is 33.0 Å². The molecule has 0 saturated carbocycles. The summed E-state index contributed by atoms with van der Waals surface area (Å²) in [5, 5.41) is 1.96. The van der Waals surface area contributed by atoms with E-state index in [1.165, 1.54) is 57.8 Å². The van der Waals surface area contributed by atoms with Gasteiger partial charge in [-0.15, -0.1) is 0 Å². The fraction of sp³-hybridized carbons (Fsp3) is 0.905. The Balaban J connectivity index is 5.54. The molecule has 0 heterocycles. The van der Waals surface area contributed by atoms with Gasteiger partial charge in [0.2, 0.25) is 0 Å². The summed E-state index contributed by atoms with van der Waals surface area (Å²) in [6, 6.07) is 0. The molecule has 0 aliphatic rings. The number of unbranched alkanes of at least 4 members (excludes halogenated alkanes) is 4. The van der Waals surface area contributed by atoms with E-state index in [1.54, 1.807) is 13.3 Å². The SMILES string of the molecule is CCCC/C(=[CH]\[Sn]([CH2]CCC)([CH2]CCC)[CH2]CCC)[Si](C)(C)C. The van der Waals surface area contributed by atoms with Crippen LogP contribution in [0.15, 0.2) is 9.29 Å². The molecule has 0 spiro atoms. The van der Waals surface area contributed by atoms with Crippen molar-refractivity contribution in [1.82, 2.24) is 0 Å². The molecule has 0 aliphatic heterocycles. The van der Waals surface area contributed by atoms with Crippen molar-refractivity contribution in [3.63, 3.8) is 0 Å². The summed E-state index contributed by atoms with van der Waals surface area (Å²) in [4.78, 5) is 0. The van der Waals surface area contributed by atoms with Crippen LogP contribution in [0.4, 0.5) is 0 Å². The predicted octanol–water partition coefficient (Wildman–Crippen LogP) is 8.37. The summed E-state index contributed by atoms with van der Waals surface area (Å²) in [5.74, 6) is 0. The average molecular weight is 445 g/mol. The van der Waals surface area contributed by atoms with Gasteiger partial charge in [-0.3, -0.25) is 0 Å². The van der Waals surface area contributed by atoms with Crippen molar-refractivity contribution in [3.05, 3.63) is 9.29 Å². The van der Waals surface area contributed by atoms with Crippen LogP contribution in [0, 0.1) is 0 Å². The number of hydrogen-bond donors (Lipinski definition) is 0. The molecule has 0 amide bonds. The van der Waals surface area contributed by atoms with Crippen LogP contribution >= 0.6 is 0 Å². The van der Waals surface area contributed by atoms with Gasteiger partial charge in [0.25, 0.3) is 0 Å². The van der Waals surface area contributed by atoms with Gasteiger partial charge in [-0.25, -0.2) is 0 Å². The van der Waals surface area contributed by atoms with Crippen LogP contribution in [0.25, 0.3) is 0 Å². The van der Waals surface area contributed by atoms with Crippen molar-refractivity contribution in [2.45, 2.75) is 118 Å². The van der Waals surface area contributed by atoms with Crippen LogP contribution in [0.3, 0.4) is 0 Å². The summed E-state index contributed by atoms with van der Waals surface area (Å²) in [6.45, 7) is 17.3. The van der Waals surface area contributed by atoms with Crippen molar-refractivity contribution in [1.29, 1.82) is 0 Å². The van der Waals surface area contributed by atoms with E-state index < -0.39 is 26.5 Å². The van der Waals surface area contributed by atoms with Crippen LogP contribution in [0.1, 0.15) is 85.5 Å². The van der Waals surface area contributed by atoms with Gasteiger partial charge >= 0.3 is 154 Å². The van der Waals surface area contributed by atoms with E-state index in [-0.39, 0.29) is 0 Å². The Bertz CT molecular complexity index is 293. The Morgan fingerprint density at radius 3 is 1.39 bits per heavy atom. The van der Waals surface area contributed by atoms with Gasteiger partial charge in [0, 0.05) is 0 Å².